The lowest BCUT2D eigenvalue weighted by molar-refractivity contribution is 0.665. The van der Waals surface area contributed by atoms with Crippen LogP contribution in [0, 0.1) is 0 Å². The molecule has 4 nitrogen and oxygen atoms in total. The van der Waals surface area contributed by atoms with Gasteiger partial charge < -0.3 is 17.7 Å². The predicted octanol–water partition coefficient (Wildman–Crippen LogP) is 18.3. The van der Waals surface area contributed by atoms with E-state index in [9.17, 15) is 0 Å². The van der Waals surface area contributed by atoms with Crippen LogP contribution >= 0.6 is 0 Å². The number of hydrogen-bond acceptors (Lipinski definition) is 4. The normalized spacial score (nSPS) is 12.2. The predicted molar refractivity (Wildman–Crippen MR) is 272 cm³/mol. The maximum Gasteiger partial charge on any atom is 0.144 e. The molecule has 0 saturated carbocycles. The quantitative estimate of drug-likeness (QED) is 0.166. The number of benzene rings is 11. The van der Waals surface area contributed by atoms with Crippen LogP contribution in [0.15, 0.2) is 224 Å². The first kappa shape index (κ1) is 35.6. The minimum Gasteiger partial charge on any atom is -0.456 e. The van der Waals surface area contributed by atoms with Crippen LogP contribution in [0.5, 0.6) is 0 Å². The van der Waals surface area contributed by atoms with Gasteiger partial charge in [-0.05, 0) is 86.3 Å². The van der Waals surface area contributed by atoms with E-state index in [0.29, 0.717) is 0 Å². The summed E-state index contributed by atoms with van der Waals surface area (Å²) in [6, 6.07) is 72.9. The van der Waals surface area contributed by atoms with Crippen molar-refractivity contribution in [3.63, 3.8) is 0 Å². The van der Waals surface area contributed by atoms with Crippen molar-refractivity contribution >= 4 is 109 Å². The molecule has 15 aromatic rings. The first-order valence-electron chi connectivity index (χ1n) is 22.4. The van der Waals surface area contributed by atoms with Crippen molar-refractivity contribution in [2.75, 3.05) is 0 Å². The number of hydrogen-bond donors (Lipinski definition) is 0. The van der Waals surface area contributed by atoms with Gasteiger partial charge in [-0.1, -0.05) is 164 Å². The summed E-state index contributed by atoms with van der Waals surface area (Å²) in [5.74, 6) is 0. The molecular weight excluding hydrogens is 809 g/mol. The molecule has 306 valence electrons. The van der Waals surface area contributed by atoms with Gasteiger partial charge in [-0.2, -0.15) is 0 Å². The number of para-hydroxylation sites is 5. The minimum absolute atomic E-state index is 0.832. The highest BCUT2D eigenvalue weighted by molar-refractivity contribution is 6.30. The van der Waals surface area contributed by atoms with Crippen LogP contribution in [0.3, 0.4) is 0 Å². The van der Waals surface area contributed by atoms with E-state index in [1.165, 1.54) is 0 Å². The Labute approximate surface area is 376 Å². The van der Waals surface area contributed by atoms with Gasteiger partial charge in [0.1, 0.15) is 44.7 Å². The molecule has 0 N–H and O–H groups in total. The largest absolute Gasteiger partial charge is 0.456 e. The summed E-state index contributed by atoms with van der Waals surface area (Å²) in [4.78, 5) is 0. The lowest BCUT2D eigenvalue weighted by atomic mass is 9.83. The molecule has 0 aliphatic heterocycles. The third-order valence-electron chi connectivity index (χ3n) is 13.9. The number of fused-ring (bicyclic) bond motifs is 14. The van der Waals surface area contributed by atoms with E-state index >= 15 is 0 Å². The average molecular weight is 843 g/mol. The van der Waals surface area contributed by atoms with Crippen molar-refractivity contribution in [3.05, 3.63) is 206 Å². The first-order valence-corrected chi connectivity index (χ1v) is 22.4. The fourth-order valence-corrected chi connectivity index (χ4v) is 11.2. The van der Waals surface area contributed by atoms with Crippen LogP contribution in [-0.4, -0.2) is 0 Å². The summed E-state index contributed by atoms with van der Waals surface area (Å²) in [6.45, 7) is 0. The highest BCUT2D eigenvalue weighted by Gasteiger charge is 2.26. The van der Waals surface area contributed by atoms with Crippen LogP contribution in [0.4, 0.5) is 0 Å². The fraction of sp³-hybridized carbons (Fsp3) is 0. The molecule has 0 unspecified atom stereocenters. The maximum atomic E-state index is 7.05. The molecular formula is C62H34O4. The molecule has 0 aliphatic rings. The second-order valence-corrected chi connectivity index (χ2v) is 17.3. The SMILES string of the molecule is c1ccc2c(c1)oc1c(-c3ccc(-c4c5ccccc5c(-c5ccc(-c6cccc7oc8ccccc8c67)c6c5oc5ccccc56)c5ccccc45)c4c3oc3ccccc34)cccc12. The highest BCUT2D eigenvalue weighted by Crippen LogP contribution is 2.52. The Bertz CT molecular complexity index is 4480. The number of rotatable bonds is 4. The van der Waals surface area contributed by atoms with Crippen molar-refractivity contribution in [3.8, 4) is 44.5 Å². The second-order valence-electron chi connectivity index (χ2n) is 17.3. The van der Waals surface area contributed by atoms with Crippen LogP contribution in [0.2, 0.25) is 0 Å². The van der Waals surface area contributed by atoms with Gasteiger partial charge in [0.25, 0.3) is 0 Å². The van der Waals surface area contributed by atoms with Gasteiger partial charge in [0, 0.05) is 65.3 Å². The first-order chi connectivity index (χ1) is 32.8. The molecule has 4 heteroatoms. The molecule has 66 heavy (non-hydrogen) atoms. The molecule has 11 aromatic carbocycles. The van der Waals surface area contributed by atoms with Crippen molar-refractivity contribution in [1.29, 1.82) is 0 Å². The smallest absolute Gasteiger partial charge is 0.144 e. The van der Waals surface area contributed by atoms with Crippen molar-refractivity contribution < 1.29 is 17.7 Å². The molecule has 0 spiro atoms. The van der Waals surface area contributed by atoms with Crippen LogP contribution in [-0.2, 0) is 0 Å². The van der Waals surface area contributed by atoms with Gasteiger partial charge in [0.15, 0.2) is 0 Å². The summed E-state index contributed by atoms with van der Waals surface area (Å²) in [5, 5.41) is 13.3. The standard InChI is InChI=1S/C62H34O4/c1-3-18-38-36(16-1)55(48-33-32-44(61-59(48)47-22-8-12-29-53(47)65-61)43-25-13-24-42-35-15-5-9-26-50(35)64-60(42)43)37-17-2-4-19-39(37)56(38)49-34-31-41(58-46-21-7-11-28-52(46)66-62(49)58)40-23-14-30-54-57(40)45-20-6-10-27-51(45)63-54/h1-34H. The zero-order valence-corrected chi connectivity index (χ0v) is 35.3. The van der Waals surface area contributed by atoms with E-state index in [2.05, 4.69) is 176 Å². The van der Waals surface area contributed by atoms with Crippen LogP contribution < -0.4 is 0 Å². The zero-order valence-electron chi connectivity index (χ0n) is 35.3. The van der Waals surface area contributed by atoms with E-state index in [1.807, 2.05) is 30.3 Å². The van der Waals surface area contributed by atoms with Gasteiger partial charge in [0.05, 0.1) is 0 Å². The van der Waals surface area contributed by atoms with Gasteiger partial charge >= 0.3 is 0 Å². The zero-order chi connectivity index (χ0) is 43.0. The van der Waals surface area contributed by atoms with Crippen molar-refractivity contribution in [2.45, 2.75) is 0 Å². The summed E-state index contributed by atoms with van der Waals surface area (Å²) in [6.07, 6.45) is 0. The Hall–Kier alpha value is -8.86. The Kier molecular flexibility index (Phi) is 7.19. The summed E-state index contributed by atoms with van der Waals surface area (Å²) in [5.41, 5.74) is 15.5. The van der Waals surface area contributed by atoms with E-state index in [0.717, 1.165) is 154 Å². The molecule has 15 rings (SSSR count). The topological polar surface area (TPSA) is 52.6 Å². The molecule has 0 atom stereocenters. The number of furan rings is 4. The lowest BCUT2D eigenvalue weighted by Crippen LogP contribution is -1.93. The van der Waals surface area contributed by atoms with Gasteiger partial charge in [0.2, 0.25) is 0 Å². The van der Waals surface area contributed by atoms with E-state index in [4.69, 9.17) is 17.7 Å². The Morgan fingerprint density at radius 2 is 0.530 bits per heavy atom. The molecule has 4 aromatic heterocycles. The highest BCUT2D eigenvalue weighted by atomic mass is 16.3. The molecule has 0 saturated heterocycles. The van der Waals surface area contributed by atoms with Crippen molar-refractivity contribution in [1.82, 2.24) is 0 Å². The Morgan fingerprint density at radius 1 is 0.182 bits per heavy atom. The fourth-order valence-electron chi connectivity index (χ4n) is 11.2. The van der Waals surface area contributed by atoms with Gasteiger partial charge in [-0.15, -0.1) is 0 Å². The summed E-state index contributed by atoms with van der Waals surface area (Å²) >= 11 is 0. The molecule has 0 aliphatic carbocycles. The minimum atomic E-state index is 0.832. The average Bonchev–Trinajstić information content (AvgIpc) is 4.16. The molecule has 0 bridgehead atoms. The third-order valence-corrected chi connectivity index (χ3v) is 13.9. The van der Waals surface area contributed by atoms with Crippen LogP contribution in [0.1, 0.15) is 0 Å². The third kappa shape index (κ3) is 4.82. The monoisotopic (exact) mass is 842 g/mol. The maximum absolute atomic E-state index is 7.05. The van der Waals surface area contributed by atoms with E-state index < -0.39 is 0 Å². The van der Waals surface area contributed by atoms with E-state index in [1.54, 1.807) is 0 Å². The molecule has 4 heterocycles. The van der Waals surface area contributed by atoms with Gasteiger partial charge in [-0.3, -0.25) is 0 Å². The van der Waals surface area contributed by atoms with Crippen molar-refractivity contribution in [2.24, 2.45) is 0 Å². The lowest BCUT2D eigenvalue weighted by Gasteiger charge is -2.19. The molecule has 0 amide bonds. The van der Waals surface area contributed by atoms with E-state index in [-0.39, 0.29) is 0 Å². The Balaban J connectivity index is 1.02. The molecule has 0 radical (unpaired) electrons. The van der Waals surface area contributed by atoms with Crippen LogP contribution in [0.25, 0.3) is 154 Å². The molecule has 0 fully saturated rings. The summed E-state index contributed by atoms with van der Waals surface area (Å²) < 4.78 is 27.0. The van der Waals surface area contributed by atoms with Gasteiger partial charge in [-0.25, -0.2) is 0 Å². The second kappa shape index (κ2) is 13.3. The Morgan fingerprint density at radius 3 is 1.17 bits per heavy atom. The summed E-state index contributed by atoms with van der Waals surface area (Å²) in [7, 11) is 0.